The summed E-state index contributed by atoms with van der Waals surface area (Å²) in [5.74, 6) is 0.939. The van der Waals surface area contributed by atoms with Gasteiger partial charge in [-0.3, -0.25) is 0 Å². The average Bonchev–Trinajstić information content (AvgIpc) is 2.54. The van der Waals surface area contributed by atoms with Gasteiger partial charge in [0.05, 0.1) is 0 Å². The Labute approximate surface area is 131 Å². The lowest BCUT2D eigenvalue weighted by atomic mass is 9.78. The molecule has 0 amide bonds. The molecule has 0 aromatic rings. The van der Waals surface area contributed by atoms with Crippen molar-refractivity contribution in [3.8, 4) is 0 Å². The molecule has 2 saturated heterocycles. The molecule has 3 heteroatoms. The highest BCUT2D eigenvalue weighted by atomic mass is 15.2. The fraction of sp³-hybridized carbons (Fsp3) is 1.00. The molecule has 2 heterocycles. The molecule has 3 rings (SSSR count). The quantitative estimate of drug-likeness (QED) is 0.860. The van der Waals surface area contributed by atoms with Crippen LogP contribution in [0, 0.1) is 5.92 Å². The van der Waals surface area contributed by atoms with Gasteiger partial charge in [-0.05, 0) is 78.2 Å². The van der Waals surface area contributed by atoms with E-state index in [-0.39, 0.29) is 0 Å². The Morgan fingerprint density at radius 1 is 1.05 bits per heavy atom. The molecule has 2 atom stereocenters. The smallest absolute Gasteiger partial charge is 0.0190 e. The van der Waals surface area contributed by atoms with E-state index < -0.39 is 0 Å². The number of nitrogens with zero attached hydrogens (tertiary/aromatic N) is 2. The highest BCUT2D eigenvalue weighted by Gasteiger charge is 2.35. The molecule has 0 aromatic heterocycles. The van der Waals surface area contributed by atoms with Crippen molar-refractivity contribution in [2.75, 3.05) is 40.3 Å². The van der Waals surface area contributed by atoms with E-state index in [1.54, 1.807) is 0 Å². The minimum atomic E-state index is 0.457. The molecule has 1 aliphatic carbocycles. The van der Waals surface area contributed by atoms with Gasteiger partial charge >= 0.3 is 0 Å². The summed E-state index contributed by atoms with van der Waals surface area (Å²) >= 11 is 0. The fourth-order valence-corrected chi connectivity index (χ4v) is 5.16. The van der Waals surface area contributed by atoms with E-state index in [1.807, 2.05) is 0 Å². The second-order valence-electron chi connectivity index (χ2n) is 7.88. The van der Waals surface area contributed by atoms with Crippen LogP contribution in [0.25, 0.3) is 0 Å². The maximum Gasteiger partial charge on any atom is 0.0190 e. The Morgan fingerprint density at radius 3 is 2.62 bits per heavy atom. The number of fused-ring (bicyclic) bond motifs is 1. The number of likely N-dealkylation sites (tertiary alicyclic amines) is 2. The van der Waals surface area contributed by atoms with Crippen molar-refractivity contribution in [2.24, 2.45) is 5.92 Å². The number of hydrogen-bond acceptors (Lipinski definition) is 3. The third-order valence-electron chi connectivity index (χ3n) is 6.68. The van der Waals surface area contributed by atoms with Gasteiger partial charge in [0.1, 0.15) is 0 Å². The van der Waals surface area contributed by atoms with Crippen LogP contribution in [0.5, 0.6) is 0 Å². The minimum absolute atomic E-state index is 0.457. The van der Waals surface area contributed by atoms with E-state index in [1.165, 1.54) is 84.0 Å². The summed E-state index contributed by atoms with van der Waals surface area (Å²) in [6.07, 6.45) is 12.7. The Balaban J connectivity index is 1.49. The molecule has 21 heavy (non-hydrogen) atoms. The lowest BCUT2D eigenvalue weighted by molar-refractivity contribution is 0.0335. The van der Waals surface area contributed by atoms with E-state index in [2.05, 4.69) is 29.2 Å². The van der Waals surface area contributed by atoms with Crippen molar-refractivity contribution >= 4 is 0 Å². The third-order valence-corrected chi connectivity index (χ3v) is 6.68. The molecule has 122 valence electrons. The second kappa shape index (κ2) is 6.97. The molecule has 3 fully saturated rings. The zero-order valence-electron chi connectivity index (χ0n) is 14.2. The molecule has 2 aliphatic heterocycles. The monoisotopic (exact) mass is 293 g/mol. The van der Waals surface area contributed by atoms with Gasteiger partial charge < -0.3 is 15.1 Å². The first-order chi connectivity index (χ1) is 10.2. The standard InChI is InChI=1S/C18H35N3/c1-19-18(9-4-3-5-10-18)11-14-21-13-8-17-16(15-21)7-6-12-20(17)2/h16-17,19H,3-15H2,1-2H3. The first kappa shape index (κ1) is 15.8. The Morgan fingerprint density at radius 2 is 1.86 bits per heavy atom. The molecule has 3 nitrogen and oxygen atoms in total. The Bertz CT molecular complexity index is 324. The molecule has 1 saturated carbocycles. The van der Waals surface area contributed by atoms with Crippen LogP contribution in [0.3, 0.4) is 0 Å². The van der Waals surface area contributed by atoms with Gasteiger partial charge in [0.25, 0.3) is 0 Å². The van der Waals surface area contributed by atoms with Gasteiger partial charge in [0.2, 0.25) is 0 Å². The summed E-state index contributed by atoms with van der Waals surface area (Å²) in [6.45, 7) is 5.32. The van der Waals surface area contributed by atoms with E-state index >= 15 is 0 Å². The van der Waals surface area contributed by atoms with Gasteiger partial charge in [-0.25, -0.2) is 0 Å². The molecule has 1 N–H and O–H groups in total. The SMILES string of the molecule is CNC1(CCN2CCC3C(CCCN3C)C2)CCCCC1. The molecule has 0 bridgehead atoms. The molecule has 0 radical (unpaired) electrons. The summed E-state index contributed by atoms with van der Waals surface area (Å²) in [4.78, 5) is 5.40. The van der Waals surface area contributed by atoms with Crippen LogP contribution in [0.15, 0.2) is 0 Å². The van der Waals surface area contributed by atoms with Crippen LogP contribution in [0.2, 0.25) is 0 Å². The Hall–Kier alpha value is -0.120. The highest BCUT2D eigenvalue weighted by Crippen LogP contribution is 2.33. The predicted octanol–water partition coefficient (Wildman–Crippen LogP) is 2.71. The van der Waals surface area contributed by atoms with Crippen molar-refractivity contribution in [3.05, 3.63) is 0 Å². The van der Waals surface area contributed by atoms with E-state index in [9.17, 15) is 0 Å². The fourth-order valence-electron chi connectivity index (χ4n) is 5.16. The topological polar surface area (TPSA) is 18.5 Å². The zero-order chi connectivity index (χ0) is 14.7. The van der Waals surface area contributed by atoms with Gasteiger partial charge in [-0.2, -0.15) is 0 Å². The second-order valence-corrected chi connectivity index (χ2v) is 7.88. The first-order valence-corrected chi connectivity index (χ1v) is 9.34. The van der Waals surface area contributed by atoms with Gasteiger partial charge in [-0.15, -0.1) is 0 Å². The van der Waals surface area contributed by atoms with E-state index in [4.69, 9.17) is 0 Å². The summed E-state index contributed by atoms with van der Waals surface area (Å²) in [7, 11) is 4.53. The minimum Gasteiger partial charge on any atom is -0.314 e. The molecule has 0 aromatic carbocycles. The molecular weight excluding hydrogens is 258 g/mol. The van der Waals surface area contributed by atoms with Crippen LogP contribution in [0.4, 0.5) is 0 Å². The highest BCUT2D eigenvalue weighted by molar-refractivity contribution is 4.93. The Kier molecular flexibility index (Phi) is 5.23. The molecular formula is C18H35N3. The largest absolute Gasteiger partial charge is 0.314 e. The number of rotatable bonds is 4. The van der Waals surface area contributed by atoms with Gasteiger partial charge in [0.15, 0.2) is 0 Å². The predicted molar refractivity (Wildman–Crippen MR) is 89.7 cm³/mol. The third kappa shape index (κ3) is 3.62. The summed E-state index contributed by atoms with van der Waals surface area (Å²) in [6, 6.07) is 0.878. The lowest BCUT2D eigenvalue weighted by Gasteiger charge is -2.47. The number of piperidine rings is 2. The van der Waals surface area contributed by atoms with Crippen LogP contribution in [0.1, 0.15) is 57.8 Å². The van der Waals surface area contributed by atoms with E-state index in [0.29, 0.717) is 5.54 Å². The van der Waals surface area contributed by atoms with Crippen molar-refractivity contribution in [1.82, 2.24) is 15.1 Å². The number of hydrogen-bond donors (Lipinski definition) is 1. The molecule has 2 unspecified atom stereocenters. The van der Waals surface area contributed by atoms with Crippen molar-refractivity contribution in [3.63, 3.8) is 0 Å². The normalized spacial score (nSPS) is 34.6. The van der Waals surface area contributed by atoms with E-state index in [0.717, 1.165) is 12.0 Å². The van der Waals surface area contributed by atoms with Crippen molar-refractivity contribution < 1.29 is 0 Å². The van der Waals surface area contributed by atoms with Gasteiger partial charge in [-0.1, -0.05) is 19.3 Å². The van der Waals surface area contributed by atoms with Crippen LogP contribution in [-0.4, -0.2) is 61.7 Å². The summed E-state index contributed by atoms with van der Waals surface area (Å²) in [5, 5.41) is 3.69. The lowest BCUT2D eigenvalue weighted by Crippen LogP contribution is -2.54. The van der Waals surface area contributed by atoms with Crippen LogP contribution < -0.4 is 5.32 Å². The average molecular weight is 293 g/mol. The van der Waals surface area contributed by atoms with Crippen molar-refractivity contribution in [1.29, 1.82) is 0 Å². The zero-order valence-corrected chi connectivity index (χ0v) is 14.2. The van der Waals surface area contributed by atoms with Gasteiger partial charge in [0, 0.05) is 18.1 Å². The van der Waals surface area contributed by atoms with Crippen LogP contribution in [-0.2, 0) is 0 Å². The molecule has 3 aliphatic rings. The maximum absolute atomic E-state index is 3.69. The number of nitrogens with one attached hydrogen (secondary N) is 1. The summed E-state index contributed by atoms with van der Waals surface area (Å²) < 4.78 is 0. The first-order valence-electron chi connectivity index (χ1n) is 9.34. The van der Waals surface area contributed by atoms with Crippen LogP contribution >= 0.6 is 0 Å². The maximum atomic E-state index is 3.69. The summed E-state index contributed by atoms with van der Waals surface area (Å²) in [5.41, 5.74) is 0.457. The molecule has 0 spiro atoms. The van der Waals surface area contributed by atoms with Crippen molar-refractivity contribution in [2.45, 2.75) is 69.4 Å².